The molecule has 0 fully saturated rings. The van der Waals surface area contributed by atoms with Gasteiger partial charge < -0.3 is 5.32 Å². The van der Waals surface area contributed by atoms with E-state index in [1.807, 2.05) is 32.9 Å². The van der Waals surface area contributed by atoms with Gasteiger partial charge in [0.15, 0.2) is 0 Å². The number of nitrogens with one attached hydrogen (secondary N) is 1. The maximum Gasteiger partial charge on any atom is 0.237 e. The van der Waals surface area contributed by atoms with Crippen LogP contribution in [0.25, 0.3) is 0 Å². The average molecular weight is 258 g/mol. The first kappa shape index (κ1) is 13.4. The highest BCUT2D eigenvalue weighted by Crippen LogP contribution is 2.26. The molecule has 0 aromatic heterocycles. The largest absolute Gasteiger partial charge is 0.324 e. The number of hydrogen-bond donors (Lipinski definition) is 2. The fourth-order valence-electron chi connectivity index (χ4n) is 1.29. The van der Waals surface area contributed by atoms with E-state index < -0.39 is 0 Å². The number of halogens is 1. The van der Waals surface area contributed by atoms with E-state index in [2.05, 4.69) is 17.9 Å². The molecule has 0 aliphatic carbocycles. The fourth-order valence-corrected chi connectivity index (χ4v) is 1.62. The summed E-state index contributed by atoms with van der Waals surface area (Å²) in [7, 11) is 0. The zero-order valence-corrected chi connectivity index (χ0v) is 11.3. The molecule has 0 radical (unpaired) electrons. The van der Waals surface area contributed by atoms with Gasteiger partial charge in [-0.3, -0.25) is 4.79 Å². The SMILES string of the molecule is Cc1cccc(Cl)c1NC(=O)C(S)C(C)C. The molecule has 88 valence electrons. The van der Waals surface area contributed by atoms with Gasteiger partial charge in [0.05, 0.1) is 16.0 Å². The molecule has 0 saturated heterocycles. The van der Waals surface area contributed by atoms with Gasteiger partial charge in [-0.25, -0.2) is 0 Å². The van der Waals surface area contributed by atoms with Gasteiger partial charge in [-0.15, -0.1) is 0 Å². The van der Waals surface area contributed by atoms with Crippen LogP contribution < -0.4 is 5.32 Å². The number of thiol groups is 1. The zero-order valence-electron chi connectivity index (χ0n) is 9.62. The third-order valence-electron chi connectivity index (χ3n) is 2.37. The third-order valence-corrected chi connectivity index (χ3v) is 3.52. The predicted molar refractivity (Wildman–Crippen MR) is 72.4 cm³/mol. The molecule has 1 atom stereocenters. The number of benzene rings is 1. The number of aryl methyl sites for hydroxylation is 1. The molecule has 1 amide bonds. The second-order valence-corrected chi connectivity index (χ2v) is 5.07. The van der Waals surface area contributed by atoms with Crippen LogP contribution in [0.15, 0.2) is 18.2 Å². The number of carbonyl (C=O) groups is 1. The van der Waals surface area contributed by atoms with Crippen molar-refractivity contribution in [3.8, 4) is 0 Å². The van der Waals surface area contributed by atoms with Gasteiger partial charge in [-0.1, -0.05) is 37.6 Å². The summed E-state index contributed by atoms with van der Waals surface area (Å²) in [4.78, 5) is 11.8. The number of carbonyl (C=O) groups excluding carboxylic acids is 1. The van der Waals surface area contributed by atoms with E-state index in [0.29, 0.717) is 10.7 Å². The Kier molecular flexibility index (Phi) is 4.69. The minimum absolute atomic E-state index is 0.116. The third kappa shape index (κ3) is 3.16. The molecule has 0 aliphatic rings. The van der Waals surface area contributed by atoms with Crippen LogP contribution in [-0.4, -0.2) is 11.2 Å². The van der Waals surface area contributed by atoms with Gasteiger partial charge in [0, 0.05) is 0 Å². The summed E-state index contributed by atoms with van der Waals surface area (Å²) in [5.41, 5.74) is 1.62. The molecule has 4 heteroatoms. The van der Waals surface area contributed by atoms with Gasteiger partial charge >= 0.3 is 0 Å². The lowest BCUT2D eigenvalue weighted by molar-refractivity contribution is -0.116. The molecule has 1 aromatic carbocycles. The van der Waals surface area contributed by atoms with E-state index in [0.717, 1.165) is 5.56 Å². The quantitative estimate of drug-likeness (QED) is 0.797. The Morgan fingerprint density at radius 3 is 2.56 bits per heavy atom. The molecular weight excluding hydrogens is 242 g/mol. The van der Waals surface area contributed by atoms with Crippen molar-refractivity contribution in [3.63, 3.8) is 0 Å². The van der Waals surface area contributed by atoms with Crippen molar-refractivity contribution >= 4 is 35.8 Å². The smallest absolute Gasteiger partial charge is 0.237 e. The Morgan fingerprint density at radius 1 is 1.44 bits per heavy atom. The molecule has 1 unspecified atom stereocenters. The number of amides is 1. The summed E-state index contributed by atoms with van der Waals surface area (Å²) in [6.07, 6.45) is 0. The second kappa shape index (κ2) is 5.60. The highest BCUT2D eigenvalue weighted by atomic mass is 35.5. The molecule has 1 rings (SSSR count). The van der Waals surface area contributed by atoms with Crippen LogP contribution in [0, 0.1) is 12.8 Å². The Bertz CT molecular complexity index is 372. The van der Waals surface area contributed by atoms with Gasteiger partial charge in [-0.2, -0.15) is 12.6 Å². The Balaban J connectivity index is 2.85. The summed E-state index contributed by atoms with van der Waals surface area (Å²) < 4.78 is 0. The molecule has 2 nitrogen and oxygen atoms in total. The lowest BCUT2D eigenvalue weighted by Gasteiger charge is -2.16. The molecule has 0 heterocycles. The molecule has 0 bridgehead atoms. The summed E-state index contributed by atoms with van der Waals surface area (Å²) in [6, 6.07) is 5.52. The van der Waals surface area contributed by atoms with Crippen LogP contribution >= 0.6 is 24.2 Å². The number of rotatable bonds is 3. The van der Waals surface area contributed by atoms with Crippen LogP contribution in [0.3, 0.4) is 0 Å². The van der Waals surface area contributed by atoms with Gasteiger partial charge in [0.2, 0.25) is 5.91 Å². The van der Waals surface area contributed by atoms with E-state index in [1.54, 1.807) is 6.07 Å². The second-order valence-electron chi connectivity index (χ2n) is 4.11. The van der Waals surface area contributed by atoms with Gasteiger partial charge in [0.1, 0.15) is 0 Å². The molecule has 0 spiro atoms. The van der Waals surface area contributed by atoms with Crippen molar-refractivity contribution in [2.45, 2.75) is 26.0 Å². The van der Waals surface area contributed by atoms with Gasteiger partial charge in [0.25, 0.3) is 0 Å². The van der Waals surface area contributed by atoms with E-state index in [4.69, 9.17) is 11.6 Å². The summed E-state index contributed by atoms with van der Waals surface area (Å²) in [5, 5.41) is 3.04. The zero-order chi connectivity index (χ0) is 12.3. The van der Waals surface area contributed by atoms with Gasteiger partial charge in [-0.05, 0) is 24.5 Å². The fraction of sp³-hybridized carbons (Fsp3) is 0.417. The van der Waals surface area contributed by atoms with Crippen molar-refractivity contribution in [3.05, 3.63) is 28.8 Å². The number of para-hydroxylation sites is 1. The molecular formula is C12H16ClNOS. The van der Waals surface area contributed by atoms with Crippen molar-refractivity contribution in [2.75, 3.05) is 5.32 Å². The topological polar surface area (TPSA) is 29.1 Å². The van der Waals surface area contributed by atoms with Crippen LogP contribution in [-0.2, 0) is 4.79 Å². The van der Waals surface area contributed by atoms with Crippen molar-refractivity contribution in [1.29, 1.82) is 0 Å². The van der Waals surface area contributed by atoms with E-state index in [9.17, 15) is 4.79 Å². The summed E-state index contributed by atoms with van der Waals surface area (Å²) in [5.74, 6) is 0.0701. The highest BCUT2D eigenvalue weighted by molar-refractivity contribution is 7.81. The minimum atomic E-state index is -0.323. The predicted octanol–water partition coefficient (Wildman–Crippen LogP) is 3.54. The first-order valence-electron chi connectivity index (χ1n) is 5.17. The first-order valence-corrected chi connectivity index (χ1v) is 6.07. The average Bonchev–Trinajstić information content (AvgIpc) is 2.22. The number of hydrogen-bond acceptors (Lipinski definition) is 2. The first-order chi connectivity index (χ1) is 7.43. The maximum absolute atomic E-state index is 11.8. The monoisotopic (exact) mass is 257 g/mol. The molecule has 16 heavy (non-hydrogen) atoms. The molecule has 0 saturated carbocycles. The van der Waals surface area contributed by atoms with E-state index >= 15 is 0 Å². The normalized spacial score (nSPS) is 12.6. The van der Waals surface area contributed by atoms with Crippen molar-refractivity contribution in [2.24, 2.45) is 5.92 Å². The Morgan fingerprint density at radius 2 is 2.06 bits per heavy atom. The van der Waals surface area contributed by atoms with Crippen molar-refractivity contribution < 1.29 is 4.79 Å². The highest BCUT2D eigenvalue weighted by Gasteiger charge is 2.19. The Labute approximate surface area is 107 Å². The van der Waals surface area contributed by atoms with Crippen LogP contribution in [0.1, 0.15) is 19.4 Å². The molecule has 0 aliphatic heterocycles. The lowest BCUT2D eigenvalue weighted by Crippen LogP contribution is -2.28. The van der Waals surface area contributed by atoms with Crippen molar-refractivity contribution in [1.82, 2.24) is 0 Å². The molecule has 1 N–H and O–H groups in total. The van der Waals surface area contributed by atoms with E-state index in [-0.39, 0.29) is 17.1 Å². The lowest BCUT2D eigenvalue weighted by atomic mass is 10.1. The number of anilines is 1. The van der Waals surface area contributed by atoms with Crippen LogP contribution in [0.4, 0.5) is 5.69 Å². The summed E-state index contributed by atoms with van der Waals surface area (Å²) in [6.45, 7) is 5.82. The molecule has 1 aromatic rings. The Hall–Kier alpha value is -0.670. The standard InChI is InChI=1S/C12H16ClNOS/c1-7(2)11(16)12(15)14-10-8(3)5-4-6-9(10)13/h4-7,11,16H,1-3H3,(H,14,15). The van der Waals surface area contributed by atoms with Crippen LogP contribution in [0.5, 0.6) is 0 Å². The minimum Gasteiger partial charge on any atom is -0.324 e. The maximum atomic E-state index is 11.8. The van der Waals surface area contributed by atoms with Crippen LogP contribution in [0.2, 0.25) is 5.02 Å². The van der Waals surface area contributed by atoms with E-state index in [1.165, 1.54) is 0 Å². The summed E-state index contributed by atoms with van der Waals surface area (Å²) >= 11 is 10.3.